The van der Waals surface area contributed by atoms with Crippen molar-refractivity contribution in [3.05, 3.63) is 24.7 Å². The number of hydrogen-bond donors (Lipinski definition) is 1. The molecule has 0 aliphatic carbocycles. The minimum atomic E-state index is -0.305. The Labute approximate surface area is 111 Å². The summed E-state index contributed by atoms with van der Waals surface area (Å²) in [6.07, 6.45) is 5.14. The number of aromatic nitrogens is 3. The average Bonchev–Trinajstić information content (AvgIpc) is 2.84. The first-order valence-electron chi connectivity index (χ1n) is 6.41. The number of fused-ring (bicyclic) bond motifs is 1. The number of ether oxygens (including phenoxy) is 1. The van der Waals surface area contributed by atoms with E-state index in [0.29, 0.717) is 6.54 Å². The van der Waals surface area contributed by atoms with Crippen LogP contribution in [0.1, 0.15) is 13.8 Å². The zero-order chi connectivity index (χ0) is 13.5. The van der Waals surface area contributed by atoms with E-state index in [1.54, 1.807) is 16.9 Å². The molecule has 3 rings (SSSR count). The fraction of sp³-hybridized carbons (Fsp3) is 0.538. The maximum atomic E-state index is 9.37. The van der Waals surface area contributed by atoms with Gasteiger partial charge >= 0.3 is 0 Å². The van der Waals surface area contributed by atoms with Crippen molar-refractivity contribution in [1.29, 1.82) is 0 Å². The Balaban J connectivity index is 1.98. The molecule has 0 aromatic carbocycles. The minimum Gasteiger partial charge on any atom is -0.394 e. The molecule has 6 heteroatoms. The summed E-state index contributed by atoms with van der Waals surface area (Å²) >= 11 is 0. The molecule has 6 nitrogen and oxygen atoms in total. The summed E-state index contributed by atoms with van der Waals surface area (Å²) < 4.78 is 7.63. The number of hydrogen-bond acceptors (Lipinski definition) is 5. The highest BCUT2D eigenvalue weighted by Crippen LogP contribution is 2.27. The molecule has 1 N–H and O–H groups in total. The summed E-state index contributed by atoms with van der Waals surface area (Å²) in [7, 11) is 0. The van der Waals surface area contributed by atoms with E-state index in [0.717, 1.165) is 17.9 Å². The largest absolute Gasteiger partial charge is 0.394 e. The topological polar surface area (TPSA) is 62.9 Å². The van der Waals surface area contributed by atoms with Crippen LogP contribution < -0.4 is 4.90 Å². The first-order chi connectivity index (χ1) is 9.09. The Kier molecular flexibility index (Phi) is 2.91. The molecule has 1 aliphatic heterocycles. The minimum absolute atomic E-state index is 0.0162. The van der Waals surface area contributed by atoms with E-state index in [1.807, 2.05) is 26.1 Å². The summed E-state index contributed by atoms with van der Waals surface area (Å²) in [5.41, 5.74) is 0.664. The van der Waals surface area contributed by atoms with Crippen LogP contribution in [-0.4, -0.2) is 51.1 Å². The molecule has 2 aromatic rings. The summed E-state index contributed by atoms with van der Waals surface area (Å²) in [6, 6.07) is 1.94. The molecule has 1 atom stereocenters. The van der Waals surface area contributed by atoms with Crippen molar-refractivity contribution in [3.63, 3.8) is 0 Å². The Hall–Kier alpha value is -1.66. The lowest BCUT2D eigenvalue weighted by atomic mass is 10.1. The van der Waals surface area contributed by atoms with E-state index < -0.39 is 0 Å². The SMILES string of the molecule is CC1(C)CN(c2nccn3nccc23)CC(CO)O1. The van der Waals surface area contributed by atoms with Crippen molar-refractivity contribution in [1.82, 2.24) is 14.6 Å². The van der Waals surface area contributed by atoms with Crippen LogP contribution in [-0.2, 0) is 4.74 Å². The van der Waals surface area contributed by atoms with Gasteiger partial charge in [-0.1, -0.05) is 0 Å². The van der Waals surface area contributed by atoms with Gasteiger partial charge in [-0.3, -0.25) is 0 Å². The van der Waals surface area contributed by atoms with Crippen LogP contribution in [0.25, 0.3) is 5.52 Å². The van der Waals surface area contributed by atoms with Gasteiger partial charge in [0, 0.05) is 25.5 Å². The van der Waals surface area contributed by atoms with E-state index in [1.165, 1.54) is 0 Å². The lowest BCUT2D eigenvalue weighted by Crippen LogP contribution is -2.54. The monoisotopic (exact) mass is 262 g/mol. The van der Waals surface area contributed by atoms with Crippen LogP contribution in [0.15, 0.2) is 24.7 Å². The third-order valence-electron chi connectivity index (χ3n) is 3.29. The van der Waals surface area contributed by atoms with Crippen LogP contribution in [0.2, 0.25) is 0 Å². The zero-order valence-electron chi connectivity index (χ0n) is 11.2. The lowest BCUT2D eigenvalue weighted by Gasteiger charge is -2.42. The van der Waals surface area contributed by atoms with Crippen molar-refractivity contribution in [2.45, 2.75) is 25.6 Å². The predicted octanol–water partition coefficient (Wildman–Crippen LogP) is 0.705. The lowest BCUT2D eigenvalue weighted by molar-refractivity contribution is -0.101. The van der Waals surface area contributed by atoms with E-state index in [2.05, 4.69) is 15.0 Å². The van der Waals surface area contributed by atoms with Crippen molar-refractivity contribution in [3.8, 4) is 0 Å². The number of nitrogens with zero attached hydrogens (tertiary/aromatic N) is 4. The van der Waals surface area contributed by atoms with Gasteiger partial charge in [-0.15, -0.1) is 0 Å². The van der Waals surface area contributed by atoms with Gasteiger partial charge in [-0.05, 0) is 19.9 Å². The molecular formula is C13H18N4O2. The van der Waals surface area contributed by atoms with Gasteiger partial charge in [-0.25, -0.2) is 9.50 Å². The standard InChI is InChI=1S/C13H18N4O2/c1-13(2)9-16(7-10(8-18)19-13)12-11-3-4-15-17(11)6-5-14-12/h3-6,10,18H,7-9H2,1-2H3. The second-order valence-electron chi connectivity index (χ2n) is 5.47. The normalized spacial score (nSPS) is 22.9. The summed E-state index contributed by atoms with van der Waals surface area (Å²) in [4.78, 5) is 6.62. The first kappa shape index (κ1) is 12.4. The van der Waals surface area contributed by atoms with Gasteiger partial charge in [0.15, 0.2) is 5.82 Å². The highest BCUT2D eigenvalue weighted by molar-refractivity contribution is 5.68. The van der Waals surface area contributed by atoms with E-state index in [9.17, 15) is 5.11 Å². The third-order valence-corrected chi connectivity index (χ3v) is 3.29. The second-order valence-corrected chi connectivity index (χ2v) is 5.47. The summed E-state index contributed by atoms with van der Waals surface area (Å²) in [5.74, 6) is 0.884. The van der Waals surface area contributed by atoms with Crippen LogP contribution in [0.5, 0.6) is 0 Å². The average molecular weight is 262 g/mol. The number of aliphatic hydroxyl groups is 1. The molecule has 1 saturated heterocycles. The van der Waals surface area contributed by atoms with Gasteiger partial charge in [0.05, 0.1) is 24.5 Å². The van der Waals surface area contributed by atoms with Crippen molar-refractivity contribution < 1.29 is 9.84 Å². The molecule has 0 radical (unpaired) electrons. The number of anilines is 1. The van der Waals surface area contributed by atoms with Crippen LogP contribution in [0, 0.1) is 0 Å². The fourth-order valence-corrected chi connectivity index (χ4v) is 2.64. The Morgan fingerprint density at radius 3 is 3.11 bits per heavy atom. The first-order valence-corrected chi connectivity index (χ1v) is 6.41. The molecule has 102 valence electrons. The highest BCUT2D eigenvalue weighted by atomic mass is 16.5. The number of aliphatic hydroxyl groups excluding tert-OH is 1. The van der Waals surface area contributed by atoms with E-state index >= 15 is 0 Å². The molecule has 0 bridgehead atoms. The van der Waals surface area contributed by atoms with Gasteiger partial charge < -0.3 is 14.7 Å². The van der Waals surface area contributed by atoms with E-state index in [-0.39, 0.29) is 18.3 Å². The van der Waals surface area contributed by atoms with Gasteiger partial charge in [0.2, 0.25) is 0 Å². The molecular weight excluding hydrogens is 244 g/mol. The van der Waals surface area contributed by atoms with Crippen LogP contribution >= 0.6 is 0 Å². The molecule has 1 unspecified atom stereocenters. The maximum Gasteiger partial charge on any atom is 0.154 e. The van der Waals surface area contributed by atoms with E-state index in [4.69, 9.17) is 4.74 Å². The van der Waals surface area contributed by atoms with Crippen molar-refractivity contribution >= 4 is 11.3 Å². The maximum absolute atomic E-state index is 9.37. The number of morpholine rings is 1. The number of rotatable bonds is 2. The summed E-state index contributed by atoms with van der Waals surface area (Å²) in [5, 5.41) is 13.6. The van der Waals surface area contributed by atoms with Crippen molar-refractivity contribution in [2.75, 3.05) is 24.6 Å². The Morgan fingerprint density at radius 2 is 2.32 bits per heavy atom. The molecule has 0 amide bonds. The second kappa shape index (κ2) is 4.47. The summed E-state index contributed by atoms with van der Waals surface area (Å²) in [6.45, 7) is 5.44. The van der Waals surface area contributed by atoms with Crippen molar-refractivity contribution in [2.24, 2.45) is 0 Å². The van der Waals surface area contributed by atoms with Gasteiger partial charge in [0.1, 0.15) is 5.52 Å². The third kappa shape index (κ3) is 2.29. The molecule has 0 saturated carbocycles. The molecule has 1 fully saturated rings. The molecule has 1 aliphatic rings. The fourth-order valence-electron chi connectivity index (χ4n) is 2.64. The molecule has 0 spiro atoms. The van der Waals surface area contributed by atoms with Gasteiger partial charge in [-0.2, -0.15) is 5.10 Å². The molecule has 3 heterocycles. The predicted molar refractivity (Wildman–Crippen MR) is 71.2 cm³/mol. The zero-order valence-corrected chi connectivity index (χ0v) is 11.2. The Bertz CT molecular complexity index is 581. The van der Waals surface area contributed by atoms with Gasteiger partial charge in [0.25, 0.3) is 0 Å². The Morgan fingerprint density at radius 1 is 1.47 bits per heavy atom. The highest BCUT2D eigenvalue weighted by Gasteiger charge is 2.34. The van der Waals surface area contributed by atoms with Crippen LogP contribution in [0.3, 0.4) is 0 Å². The molecule has 2 aromatic heterocycles. The van der Waals surface area contributed by atoms with Crippen LogP contribution in [0.4, 0.5) is 5.82 Å². The smallest absolute Gasteiger partial charge is 0.154 e. The quantitative estimate of drug-likeness (QED) is 0.863. The molecule has 19 heavy (non-hydrogen) atoms.